The first-order chi connectivity index (χ1) is 13.2. The van der Waals surface area contributed by atoms with Crippen molar-refractivity contribution in [1.29, 1.82) is 0 Å². The SMILES string of the molecule is CCOC(=O)c1sc(NC(=O)c2c(C(=O)O)cnn2C)c(C(=O)OCC)c1C. The van der Waals surface area contributed by atoms with Crippen LogP contribution in [0.5, 0.6) is 0 Å². The molecule has 0 bridgehead atoms. The molecule has 2 heterocycles. The van der Waals surface area contributed by atoms with Gasteiger partial charge in [-0.25, -0.2) is 14.4 Å². The molecule has 0 atom stereocenters. The molecule has 0 spiro atoms. The van der Waals surface area contributed by atoms with E-state index in [-0.39, 0.29) is 39.9 Å². The van der Waals surface area contributed by atoms with Gasteiger partial charge in [-0.05, 0) is 26.3 Å². The molecule has 0 aliphatic carbocycles. The largest absolute Gasteiger partial charge is 0.478 e. The lowest BCUT2D eigenvalue weighted by Gasteiger charge is -2.08. The Kier molecular flexibility index (Phi) is 6.52. The molecule has 0 unspecified atom stereocenters. The summed E-state index contributed by atoms with van der Waals surface area (Å²) in [5.74, 6) is -3.47. The molecule has 0 saturated carbocycles. The number of carbonyl (C=O) groups excluding carboxylic acids is 3. The summed E-state index contributed by atoms with van der Waals surface area (Å²) in [6, 6.07) is 0. The summed E-state index contributed by atoms with van der Waals surface area (Å²) in [5.41, 5.74) is -0.175. The molecule has 0 aliphatic rings. The van der Waals surface area contributed by atoms with Gasteiger partial charge >= 0.3 is 17.9 Å². The maximum absolute atomic E-state index is 12.7. The van der Waals surface area contributed by atoms with E-state index in [9.17, 15) is 24.3 Å². The van der Waals surface area contributed by atoms with Crippen LogP contribution < -0.4 is 5.32 Å². The summed E-state index contributed by atoms with van der Waals surface area (Å²) in [4.78, 5) is 48.6. The monoisotopic (exact) mass is 409 g/mol. The summed E-state index contributed by atoms with van der Waals surface area (Å²) in [5, 5.41) is 15.5. The lowest BCUT2D eigenvalue weighted by atomic mass is 10.1. The van der Waals surface area contributed by atoms with E-state index in [1.54, 1.807) is 13.8 Å². The van der Waals surface area contributed by atoms with Crippen molar-refractivity contribution in [3.8, 4) is 0 Å². The van der Waals surface area contributed by atoms with Gasteiger partial charge in [-0.2, -0.15) is 5.10 Å². The second kappa shape index (κ2) is 8.65. The number of nitrogens with one attached hydrogen (secondary N) is 1. The van der Waals surface area contributed by atoms with E-state index in [1.165, 1.54) is 14.0 Å². The summed E-state index contributed by atoms with van der Waals surface area (Å²) in [7, 11) is 1.41. The zero-order valence-electron chi connectivity index (χ0n) is 15.7. The van der Waals surface area contributed by atoms with Gasteiger partial charge in [-0.1, -0.05) is 0 Å². The quantitative estimate of drug-likeness (QED) is 0.663. The highest BCUT2D eigenvalue weighted by Gasteiger charge is 2.29. The Bertz CT molecular complexity index is 945. The third kappa shape index (κ3) is 4.03. The van der Waals surface area contributed by atoms with Crippen molar-refractivity contribution >= 4 is 40.2 Å². The number of aromatic nitrogens is 2. The van der Waals surface area contributed by atoms with E-state index in [0.717, 1.165) is 22.2 Å². The minimum absolute atomic E-state index is 0.0160. The number of thiophene rings is 1. The van der Waals surface area contributed by atoms with Gasteiger partial charge in [0.05, 0.1) is 25.0 Å². The highest BCUT2D eigenvalue weighted by atomic mass is 32.1. The van der Waals surface area contributed by atoms with Crippen LogP contribution in [0, 0.1) is 6.92 Å². The molecule has 10 nitrogen and oxygen atoms in total. The summed E-state index contributed by atoms with van der Waals surface area (Å²) in [6.45, 7) is 5.05. The molecule has 28 heavy (non-hydrogen) atoms. The maximum atomic E-state index is 12.7. The fraction of sp³-hybridized carbons (Fsp3) is 0.353. The van der Waals surface area contributed by atoms with Gasteiger partial charge in [0.1, 0.15) is 21.1 Å². The van der Waals surface area contributed by atoms with E-state index in [0.29, 0.717) is 5.56 Å². The van der Waals surface area contributed by atoms with Crippen LogP contribution in [0.15, 0.2) is 6.20 Å². The van der Waals surface area contributed by atoms with Crippen LogP contribution in [0.3, 0.4) is 0 Å². The van der Waals surface area contributed by atoms with Crippen molar-refractivity contribution in [2.45, 2.75) is 20.8 Å². The van der Waals surface area contributed by atoms with E-state index in [1.807, 2.05) is 0 Å². The highest BCUT2D eigenvalue weighted by Crippen LogP contribution is 2.34. The Morgan fingerprint density at radius 3 is 2.36 bits per heavy atom. The van der Waals surface area contributed by atoms with Crippen LogP contribution in [0.4, 0.5) is 5.00 Å². The average Bonchev–Trinajstić information content (AvgIpc) is 3.15. The molecular weight excluding hydrogens is 390 g/mol. The van der Waals surface area contributed by atoms with Gasteiger partial charge in [0.25, 0.3) is 5.91 Å². The molecule has 0 saturated heterocycles. The number of aryl methyl sites for hydroxylation is 1. The number of ether oxygens (including phenoxy) is 2. The first-order valence-corrected chi connectivity index (χ1v) is 9.08. The van der Waals surface area contributed by atoms with Gasteiger partial charge in [0, 0.05) is 7.05 Å². The number of aromatic carboxylic acids is 1. The number of carbonyl (C=O) groups is 4. The minimum atomic E-state index is -1.32. The molecule has 0 aliphatic heterocycles. The Morgan fingerprint density at radius 1 is 1.18 bits per heavy atom. The number of rotatable bonds is 7. The van der Waals surface area contributed by atoms with E-state index < -0.39 is 23.8 Å². The fourth-order valence-corrected chi connectivity index (χ4v) is 3.55. The maximum Gasteiger partial charge on any atom is 0.348 e. The standard InChI is InChI=1S/C17H19N3O7S/c1-5-26-16(24)10-8(3)12(17(25)27-6-2)28-14(10)19-13(21)11-9(15(22)23)7-18-20(11)4/h7H,5-6H2,1-4H3,(H,19,21)(H,22,23). The zero-order chi connectivity index (χ0) is 21.0. The van der Waals surface area contributed by atoms with E-state index >= 15 is 0 Å². The number of anilines is 1. The van der Waals surface area contributed by atoms with Gasteiger partial charge in [-0.15, -0.1) is 11.3 Å². The molecule has 1 amide bonds. The van der Waals surface area contributed by atoms with Crippen LogP contribution in [0.25, 0.3) is 0 Å². The zero-order valence-corrected chi connectivity index (χ0v) is 16.5. The first kappa shape index (κ1) is 21.1. The number of carboxylic acids is 1. The number of esters is 2. The predicted octanol–water partition coefficient (Wildman–Crippen LogP) is 2.09. The number of carboxylic acid groups (broad SMARTS) is 1. The van der Waals surface area contributed by atoms with E-state index in [2.05, 4.69) is 10.4 Å². The molecule has 0 radical (unpaired) electrons. The van der Waals surface area contributed by atoms with Gasteiger partial charge in [0.15, 0.2) is 0 Å². The number of nitrogens with zero attached hydrogens (tertiary/aromatic N) is 2. The van der Waals surface area contributed by atoms with Crippen molar-refractivity contribution in [1.82, 2.24) is 9.78 Å². The molecule has 2 N–H and O–H groups in total. The Morgan fingerprint density at radius 2 is 1.79 bits per heavy atom. The highest BCUT2D eigenvalue weighted by molar-refractivity contribution is 7.18. The smallest absolute Gasteiger partial charge is 0.348 e. The average molecular weight is 409 g/mol. The summed E-state index contributed by atoms with van der Waals surface area (Å²) >= 11 is 0.850. The van der Waals surface area contributed by atoms with Crippen LogP contribution in [0.2, 0.25) is 0 Å². The van der Waals surface area contributed by atoms with Gasteiger partial charge < -0.3 is 19.9 Å². The second-order valence-corrected chi connectivity index (χ2v) is 6.51. The lowest BCUT2D eigenvalue weighted by molar-refractivity contribution is 0.0526. The van der Waals surface area contributed by atoms with Crippen LogP contribution >= 0.6 is 11.3 Å². The molecule has 150 valence electrons. The van der Waals surface area contributed by atoms with Crippen LogP contribution in [-0.2, 0) is 16.5 Å². The van der Waals surface area contributed by atoms with Crippen LogP contribution in [-0.4, -0.2) is 51.9 Å². The number of hydrogen-bond donors (Lipinski definition) is 2. The number of hydrogen-bond acceptors (Lipinski definition) is 8. The predicted molar refractivity (Wildman–Crippen MR) is 99.1 cm³/mol. The van der Waals surface area contributed by atoms with E-state index in [4.69, 9.17) is 9.47 Å². The van der Waals surface area contributed by atoms with Crippen molar-refractivity contribution in [2.24, 2.45) is 7.05 Å². The van der Waals surface area contributed by atoms with Crippen molar-refractivity contribution < 1.29 is 33.8 Å². The van der Waals surface area contributed by atoms with Crippen molar-refractivity contribution in [3.63, 3.8) is 0 Å². The second-order valence-electron chi connectivity index (χ2n) is 5.49. The third-order valence-electron chi connectivity index (χ3n) is 3.70. The van der Waals surface area contributed by atoms with Crippen molar-refractivity contribution in [2.75, 3.05) is 18.5 Å². The molecule has 0 aromatic carbocycles. The Labute approximate surface area is 164 Å². The lowest BCUT2D eigenvalue weighted by Crippen LogP contribution is -2.20. The summed E-state index contributed by atoms with van der Waals surface area (Å²) < 4.78 is 11.1. The molecule has 2 aromatic rings. The normalized spacial score (nSPS) is 10.4. The molecule has 0 fully saturated rings. The molecular formula is C17H19N3O7S. The Hall–Kier alpha value is -3.21. The van der Waals surface area contributed by atoms with Gasteiger partial charge in [0.2, 0.25) is 0 Å². The summed E-state index contributed by atoms with van der Waals surface area (Å²) in [6.07, 6.45) is 1.05. The van der Waals surface area contributed by atoms with Crippen LogP contribution in [0.1, 0.15) is 60.3 Å². The topological polar surface area (TPSA) is 137 Å². The fourth-order valence-electron chi connectivity index (χ4n) is 2.47. The van der Waals surface area contributed by atoms with Crippen molar-refractivity contribution in [3.05, 3.63) is 33.5 Å². The van der Waals surface area contributed by atoms with Gasteiger partial charge in [-0.3, -0.25) is 9.48 Å². The minimum Gasteiger partial charge on any atom is -0.478 e. The molecule has 11 heteroatoms. The molecule has 2 rings (SSSR count). The third-order valence-corrected chi connectivity index (χ3v) is 4.89. The first-order valence-electron chi connectivity index (χ1n) is 8.27. The Balaban J connectivity index is 2.49. The molecule has 2 aromatic heterocycles. The number of amides is 1.